The van der Waals surface area contributed by atoms with Crippen molar-refractivity contribution in [2.45, 2.75) is 51.7 Å². The molecule has 2 aromatic rings. The first-order valence-electron chi connectivity index (χ1n) is 8.56. The summed E-state index contributed by atoms with van der Waals surface area (Å²) in [6.45, 7) is 3.49. The molecule has 0 spiro atoms. The minimum absolute atomic E-state index is 0.00819. The summed E-state index contributed by atoms with van der Waals surface area (Å²) in [6, 6.07) is 0. The van der Waals surface area contributed by atoms with E-state index >= 15 is 0 Å². The van der Waals surface area contributed by atoms with E-state index < -0.39 is 6.10 Å². The van der Waals surface area contributed by atoms with E-state index in [4.69, 9.17) is 4.98 Å². The normalized spacial score (nSPS) is 21.1. The average molecular weight is 347 g/mol. The zero-order valence-electron chi connectivity index (χ0n) is 13.7. The van der Waals surface area contributed by atoms with Gasteiger partial charge in [-0.1, -0.05) is 6.42 Å². The lowest BCUT2D eigenvalue weighted by Crippen LogP contribution is -2.29. The highest BCUT2D eigenvalue weighted by Crippen LogP contribution is 2.30. The van der Waals surface area contributed by atoms with Gasteiger partial charge in [-0.15, -0.1) is 11.3 Å². The van der Waals surface area contributed by atoms with E-state index in [1.807, 2.05) is 6.92 Å². The van der Waals surface area contributed by atoms with Crippen molar-refractivity contribution < 1.29 is 9.90 Å². The molecule has 6 nitrogen and oxygen atoms in total. The molecule has 2 aliphatic rings. The highest BCUT2D eigenvalue weighted by atomic mass is 32.1. The SMILES string of the molecule is Cc1c(C(=O)N2CC[C@H](O)C2)sc2nc3n(c(=O)c12)CCCCC3. The number of carbonyl (C=O) groups excluding carboxylic acids is 1. The van der Waals surface area contributed by atoms with Gasteiger partial charge in [0, 0.05) is 26.1 Å². The molecule has 0 aliphatic carbocycles. The van der Waals surface area contributed by atoms with Crippen molar-refractivity contribution in [2.75, 3.05) is 13.1 Å². The van der Waals surface area contributed by atoms with Gasteiger partial charge in [-0.25, -0.2) is 4.98 Å². The molecule has 2 aromatic heterocycles. The van der Waals surface area contributed by atoms with E-state index in [1.54, 1.807) is 9.47 Å². The first kappa shape index (κ1) is 15.8. The maximum absolute atomic E-state index is 12.9. The fourth-order valence-electron chi connectivity index (χ4n) is 3.68. The van der Waals surface area contributed by atoms with Crippen LogP contribution in [0.25, 0.3) is 10.2 Å². The van der Waals surface area contributed by atoms with Gasteiger partial charge in [-0.05, 0) is 31.7 Å². The summed E-state index contributed by atoms with van der Waals surface area (Å²) < 4.78 is 1.79. The molecule has 0 aromatic carbocycles. The summed E-state index contributed by atoms with van der Waals surface area (Å²) >= 11 is 1.32. The number of amides is 1. The van der Waals surface area contributed by atoms with Crippen LogP contribution in [0.1, 0.15) is 46.7 Å². The molecule has 1 N–H and O–H groups in total. The highest BCUT2D eigenvalue weighted by molar-refractivity contribution is 7.20. The first-order valence-corrected chi connectivity index (χ1v) is 9.38. The summed E-state index contributed by atoms with van der Waals surface area (Å²) in [7, 11) is 0. The summed E-state index contributed by atoms with van der Waals surface area (Å²) in [5.41, 5.74) is 0.726. The molecule has 4 rings (SSSR count). The van der Waals surface area contributed by atoms with Crippen LogP contribution >= 0.6 is 11.3 Å². The number of aromatic nitrogens is 2. The lowest BCUT2D eigenvalue weighted by atomic mass is 10.2. The topological polar surface area (TPSA) is 75.4 Å². The van der Waals surface area contributed by atoms with Gasteiger partial charge in [0.15, 0.2) is 0 Å². The van der Waals surface area contributed by atoms with Gasteiger partial charge >= 0.3 is 0 Å². The summed E-state index contributed by atoms with van der Waals surface area (Å²) in [4.78, 5) is 33.3. The summed E-state index contributed by atoms with van der Waals surface area (Å²) in [6.07, 6.45) is 4.18. The van der Waals surface area contributed by atoms with Gasteiger partial charge in [0.2, 0.25) is 0 Å². The third kappa shape index (κ3) is 2.46. The minimum Gasteiger partial charge on any atom is -0.391 e. The van der Waals surface area contributed by atoms with Crippen molar-refractivity contribution >= 4 is 27.5 Å². The third-order valence-electron chi connectivity index (χ3n) is 5.06. The number of likely N-dealkylation sites (tertiary alicyclic amines) is 1. The Kier molecular flexibility index (Phi) is 3.92. The number of nitrogens with zero attached hydrogens (tertiary/aromatic N) is 3. The van der Waals surface area contributed by atoms with E-state index in [1.165, 1.54) is 11.3 Å². The Labute approximate surface area is 143 Å². The number of β-amino-alcohol motifs (C(OH)–C–C–N with tert-alkyl or cyclic N) is 1. The van der Waals surface area contributed by atoms with Gasteiger partial charge in [0.25, 0.3) is 11.5 Å². The average Bonchev–Trinajstić information content (AvgIpc) is 3.03. The van der Waals surface area contributed by atoms with Crippen LogP contribution in [0.4, 0.5) is 0 Å². The molecule has 2 aliphatic heterocycles. The fourth-order valence-corrected chi connectivity index (χ4v) is 4.84. The van der Waals surface area contributed by atoms with Crippen LogP contribution in [0.3, 0.4) is 0 Å². The second-order valence-corrected chi connectivity index (χ2v) is 7.72. The van der Waals surface area contributed by atoms with Crippen molar-refractivity contribution in [3.05, 3.63) is 26.6 Å². The number of hydrogen-bond donors (Lipinski definition) is 1. The van der Waals surface area contributed by atoms with Crippen LogP contribution in [0.15, 0.2) is 4.79 Å². The second kappa shape index (κ2) is 5.97. The van der Waals surface area contributed by atoms with Gasteiger partial charge in [-0.3, -0.25) is 14.2 Å². The maximum atomic E-state index is 12.9. The van der Waals surface area contributed by atoms with Crippen molar-refractivity contribution in [1.29, 1.82) is 0 Å². The van der Waals surface area contributed by atoms with Crippen LogP contribution in [0.2, 0.25) is 0 Å². The largest absolute Gasteiger partial charge is 0.391 e. The number of carbonyl (C=O) groups is 1. The van der Waals surface area contributed by atoms with E-state index in [-0.39, 0.29) is 11.5 Å². The lowest BCUT2D eigenvalue weighted by Gasteiger charge is -2.14. The third-order valence-corrected chi connectivity index (χ3v) is 6.23. The van der Waals surface area contributed by atoms with Gasteiger partial charge in [-0.2, -0.15) is 0 Å². The van der Waals surface area contributed by atoms with Crippen LogP contribution in [0.5, 0.6) is 0 Å². The van der Waals surface area contributed by atoms with Crippen molar-refractivity contribution in [1.82, 2.24) is 14.5 Å². The van der Waals surface area contributed by atoms with Crippen LogP contribution in [-0.2, 0) is 13.0 Å². The molecule has 0 bridgehead atoms. The van der Waals surface area contributed by atoms with E-state index in [0.29, 0.717) is 41.1 Å². The Balaban J connectivity index is 1.82. The highest BCUT2D eigenvalue weighted by Gasteiger charge is 2.29. The number of aryl methyl sites for hydroxylation is 2. The van der Waals surface area contributed by atoms with Gasteiger partial charge < -0.3 is 10.0 Å². The zero-order chi connectivity index (χ0) is 16.8. The molecule has 4 heterocycles. The summed E-state index contributed by atoms with van der Waals surface area (Å²) in [5, 5.41) is 10.3. The van der Waals surface area contributed by atoms with Crippen molar-refractivity contribution in [2.24, 2.45) is 0 Å². The smallest absolute Gasteiger partial charge is 0.264 e. The number of fused-ring (bicyclic) bond motifs is 2. The lowest BCUT2D eigenvalue weighted by molar-refractivity contribution is 0.0769. The molecule has 0 radical (unpaired) electrons. The number of aliphatic hydroxyl groups is 1. The fraction of sp³-hybridized carbons (Fsp3) is 0.588. The molecular weight excluding hydrogens is 326 g/mol. The Morgan fingerprint density at radius 3 is 2.88 bits per heavy atom. The molecule has 1 saturated heterocycles. The Morgan fingerprint density at radius 1 is 1.29 bits per heavy atom. The zero-order valence-corrected chi connectivity index (χ0v) is 14.6. The second-order valence-electron chi connectivity index (χ2n) is 6.73. The number of rotatable bonds is 1. The number of hydrogen-bond acceptors (Lipinski definition) is 5. The molecule has 0 unspecified atom stereocenters. The number of aliphatic hydroxyl groups excluding tert-OH is 1. The standard InChI is InChI=1S/C17H21N3O3S/c1-10-13-15(18-12-5-3-2-4-7-20(12)16(13)22)24-14(10)17(23)19-8-6-11(21)9-19/h11,21H,2-9H2,1H3/t11-/m0/s1. The number of thiophene rings is 1. The Hall–Kier alpha value is -1.73. The van der Waals surface area contributed by atoms with E-state index in [9.17, 15) is 14.7 Å². The predicted molar refractivity (Wildman–Crippen MR) is 92.7 cm³/mol. The van der Waals surface area contributed by atoms with E-state index in [0.717, 1.165) is 37.1 Å². The maximum Gasteiger partial charge on any atom is 0.264 e. The van der Waals surface area contributed by atoms with Crippen LogP contribution in [0, 0.1) is 6.92 Å². The molecule has 1 fully saturated rings. The molecule has 7 heteroatoms. The van der Waals surface area contributed by atoms with Crippen LogP contribution in [-0.4, -0.2) is 44.7 Å². The quantitative estimate of drug-likeness (QED) is 0.852. The Morgan fingerprint density at radius 2 is 2.12 bits per heavy atom. The molecule has 24 heavy (non-hydrogen) atoms. The minimum atomic E-state index is -0.441. The summed E-state index contributed by atoms with van der Waals surface area (Å²) in [5.74, 6) is 0.758. The molecular formula is C17H21N3O3S. The molecule has 128 valence electrons. The first-order chi connectivity index (χ1) is 11.6. The molecule has 0 saturated carbocycles. The van der Waals surface area contributed by atoms with Crippen LogP contribution < -0.4 is 5.56 Å². The molecule has 1 amide bonds. The Bertz CT molecular complexity index is 870. The van der Waals surface area contributed by atoms with Crippen molar-refractivity contribution in [3.8, 4) is 0 Å². The monoisotopic (exact) mass is 347 g/mol. The van der Waals surface area contributed by atoms with Gasteiger partial charge in [0.05, 0.1) is 16.4 Å². The molecule has 1 atom stereocenters. The van der Waals surface area contributed by atoms with Gasteiger partial charge in [0.1, 0.15) is 10.7 Å². The van der Waals surface area contributed by atoms with Crippen molar-refractivity contribution in [3.63, 3.8) is 0 Å². The van der Waals surface area contributed by atoms with E-state index in [2.05, 4.69) is 0 Å². The predicted octanol–water partition coefficient (Wildman–Crippen LogP) is 1.70.